The topological polar surface area (TPSA) is 50.4 Å². The number of halogens is 1. The Balaban J connectivity index is 1.89. The van der Waals surface area contributed by atoms with E-state index < -0.39 is 0 Å². The number of nitrogens with one attached hydrogen (secondary N) is 2. The summed E-state index contributed by atoms with van der Waals surface area (Å²) in [6.07, 6.45) is 0. The normalized spacial score (nSPS) is 15.0. The van der Waals surface area contributed by atoms with E-state index in [-0.39, 0.29) is 11.8 Å². The molecule has 0 unspecified atom stereocenters. The number of hydrogen-bond donors (Lipinski definition) is 2. The molecule has 1 heterocycles. The van der Waals surface area contributed by atoms with Crippen molar-refractivity contribution >= 4 is 17.5 Å². The lowest BCUT2D eigenvalue weighted by Gasteiger charge is -2.25. The Morgan fingerprint density at radius 1 is 1.56 bits per heavy atom. The highest BCUT2D eigenvalue weighted by atomic mass is 35.5. The lowest BCUT2D eigenvalue weighted by atomic mass is 10.0. The van der Waals surface area contributed by atoms with E-state index >= 15 is 0 Å². The van der Waals surface area contributed by atoms with Gasteiger partial charge < -0.3 is 15.4 Å². The van der Waals surface area contributed by atoms with Crippen molar-refractivity contribution in [2.75, 3.05) is 19.7 Å². The lowest BCUT2D eigenvalue weighted by Crippen LogP contribution is -2.50. The average molecular weight is 269 g/mol. The molecule has 1 aliphatic heterocycles. The zero-order valence-electron chi connectivity index (χ0n) is 10.3. The summed E-state index contributed by atoms with van der Waals surface area (Å²) in [7, 11) is 0. The minimum absolute atomic E-state index is 0.0961. The third kappa shape index (κ3) is 3.15. The van der Waals surface area contributed by atoms with E-state index in [1.165, 1.54) is 0 Å². The van der Waals surface area contributed by atoms with Gasteiger partial charge in [-0.3, -0.25) is 4.79 Å². The molecule has 2 rings (SSSR count). The first-order chi connectivity index (χ1) is 8.70. The standard InChI is InChI=1S/C13H17ClN2O2/c1-2-18-12-4-3-9(5-11(12)14)6-16-13(17)10-7-15-8-10/h3-5,10,15H,2,6-8H2,1H3,(H,16,17). The van der Waals surface area contributed by atoms with Crippen LogP contribution in [0.5, 0.6) is 5.75 Å². The van der Waals surface area contributed by atoms with Crippen molar-refractivity contribution in [3.8, 4) is 5.75 Å². The zero-order chi connectivity index (χ0) is 13.0. The molecule has 0 bridgehead atoms. The molecule has 1 aromatic rings. The van der Waals surface area contributed by atoms with Gasteiger partial charge in [0.2, 0.25) is 5.91 Å². The third-order valence-corrected chi connectivity index (χ3v) is 3.21. The highest BCUT2D eigenvalue weighted by Gasteiger charge is 2.24. The number of hydrogen-bond acceptors (Lipinski definition) is 3. The fraction of sp³-hybridized carbons (Fsp3) is 0.462. The van der Waals surface area contributed by atoms with Crippen LogP contribution in [0.3, 0.4) is 0 Å². The maximum absolute atomic E-state index is 11.6. The van der Waals surface area contributed by atoms with E-state index in [4.69, 9.17) is 16.3 Å². The Morgan fingerprint density at radius 3 is 2.89 bits per heavy atom. The van der Waals surface area contributed by atoms with E-state index in [1.54, 1.807) is 0 Å². The smallest absolute Gasteiger partial charge is 0.225 e. The van der Waals surface area contributed by atoms with Crippen molar-refractivity contribution in [2.24, 2.45) is 5.92 Å². The largest absolute Gasteiger partial charge is 0.492 e. The molecule has 1 amide bonds. The molecule has 18 heavy (non-hydrogen) atoms. The second kappa shape index (κ2) is 6.07. The summed E-state index contributed by atoms with van der Waals surface area (Å²) in [4.78, 5) is 11.6. The number of carbonyl (C=O) groups excluding carboxylic acids is 1. The second-order valence-electron chi connectivity index (χ2n) is 4.27. The molecule has 1 fully saturated rings. The number of ether oxygens (including phenoxy) is 1. The Hall–Kier alpha value is -1.26. The van der Waals surface area contributed by atoms with Crippen LogP contribution < -0.4 is 15.4 Å². The molecule has 0 saturated carbocycles. The number of benzene rings is 1. The van der Waals surface area contributed by atoms with Gasteiger partial charge in [-0.1, -0.05) is 17.7 Å². The van der Waals surface area contributed by atoms with E-state index in [0.717, 1.165) is 18.7 Å². The summed E-state index contributed by atoms with van der Waals surface area (Å²) < 4.78 is 5.35. The molecular formula is C13H17ClN2O2. The van der Waals surface area contributed by atoms with Gasteiger partial charge in [0.25, 0.3) is 0 Å². The van der Waals surface area contributed by atoms with Gasteiger partial charge in [0.1, 0.15) is 5.75 Å². The van der Waals surface area contributed by atoms with Crippen molar-refractivity contribution in [3.63, 3.8) is 0 Å². The minimum atomic E-state index is 0.0961. The quantitative estimate of drug-likeness (QED) is 0.852. The van der Waals surface area contributed by atoms with Gasteiger partial charge in [-0.15, -0.1) is 0 Å². The van der Waals surface area contributed by atoms with Crippen molar-refractivity contribution in [1.82, 2.24) is 10.6 Å². The van der Waals surface area contributed by atoms with Crippen molar-refractivity contribution in [3.05, 3.63) is 28.8 Å². The van der Waals surface area contributed by atoms with Crippen molar-refractivity contribution in [2.45, 2.75) is 13.5 Å². The summed E-state index contributed by atoms with van der Waals surface area (Å²) in [5.41, 5.74) is 0.976. The van der Waals surface area contributed by atoms with Gasteiger partial charge in [-0.2, -0.15) is 0 Å². The molecule has 1 aliphatic rings. The molecule has 2 N–H and O–H groups in total. The van der Waals surface area contributed by atoms with Crippen LogP contribution in [0.15, 0.2) is 18.2 Å². The minimum Gasteiger partial charge on any atom is -0.492 e. The van der Waals surface area contributed by atoms with E-state index in [9.17, 15) is 4.79 Å². The fourth-order valence-electron chi connectivity index (χ4n) is 1.73. The van der Waals surface area contributed by atoms with Crippen LogP contribution in [0.2, 0.25) is 5.02 Å². The van der Waals surface area contributed by atoms with E-state index in [0.29, 0.717) is 23.9 Å². The maximum atomic E-state index is 11.6. The fourth-order valence-corrected chi connectivity index (χ4v) is 1.99. The Labute approximate surface area is 112 Å². The molecule has 1 saturated heterocycles. The van der Waals surface area contributed by atoms with Gasteiger partial charge in [0, 0.05) is 19.6 Å². The molecule has 4 nitrogen and oxygen atoms in total. The summed E-state index contributed by atoms with van der Waals surface area (Å²) in [5, 5.41) is 6.55. The number of carbonyl (C=O) groups is 1. The van der Waals surface area contributed by atoms with Gasteiger partial charge in [0.15, 0.2) is 0 Å². The molecule has 5 heteroatoms. The highest BCUT2D eigenvalue weighted by molar-refractivity contribution is 6.32. The zero-order valence-corrected chi connectivity index (χ0v) is 11.1. The SMILES string of the molecule is CCOc1ccc(CNC(=O)C2CNC2)cc1Cl. The lowest BCUT2D eigenvalue weighted by molar-refractivity contribution is -0.126. The van der Waals surface area contributed by atoms with Crippen LogP contribution in [0.4, 0.5) is 0 Å². The summed E-state index contributed by atoms with van der Waals surface area (Å²) >= 11 is 6.08. The molecule has 0 atom stereocenters. The predicted molar refractivity (Wildman–Crippen MR) is 70.8 cm³/mol. The molecule has 0 radical (unpaired) electrons. The van der Waals surface area contributed by atoms with Crippen molar-refractivity contribution in [1.29, 1.82) is 0 Å². The Morgan fingerprint density at radius 2 is 2.33 bits per heavy atom. The molecule has 0 spiro atoms. The molecule has 0 aromatic heterocycles. The van der Waals surface area contributed by atoms with E-state index in [2.05, 4.69) is 10.6 Å². The molecular weight excluding hydrogens is 252 g/mol. The summed E-state index contributed by atoms with van der Waals surface area (Å²) in [6, 6.07) is 5.57. The molecule has 98 valence electrons. The van der Waals surface area contributed by atoms with E-state index in [1.807, 2.05) is 25.1 Å². The van der Waals surface area contributed by atoms with Gasteiger partial charge in [-0.25, -0.2) is 0 Å². The van der Waals surface area contributed by atoms with Crippen molar-refractivity contribution < 1.29 is 9.53 Å². The summed E-state index contributed by atoms with van der Waals surface area (Å²) in [6.45, 7) is 4.55. The van der Waals surface area contributed by atoms with Crippen LogP contribution in [0.25, 0.3) is 0 Å². The molecule has 0 aliphatic carbocycles. The Bertz CT molecular complexity index is 433. The monoisotopic (exact) mass is 268 g/mol. The number of amides is 1. The first-order valence-electron chi connectivity index (χ1n) is 6.10. The van der Waals surface area contributed by atoms with Crippen LogP contribution in [0, 0.1) is 5.92 Å². The van der Waals surface area contributed by atoms with Gasteiger partial charge in [-0.05, 0) is 24.6 Å². The second-order valence-corrected chi connectivity index (χ2v) is 4.68. The Kier molecular flexibility index (Phi) is 4.44. The highest BCUT2D eigenvalue weighted by Crippen LogP contribution is 2.25. The maximum Gasteiger partial charge on any atom is 0.225 e. The molecule has 1 aromatic carbocycles. The van der Waals surface area contributed by atoms with Gasteiger partial charge >= 0.3 is 0 Å². The van der Waals surface area contributed by atoms with Crippen LogP contribution >= 0.6 is 11.6 Å². The predicted octanol–water partition coefficient (Wildman–Crippen LogP) is 1.57. The number of rotatable bonds is 5. The van der Waals surface area contributed by atoms with Crippen LogP contribution in [-0.4, -0.2) is 25.6 Å². The van der Waals surface area contributed by atoms with Gasteiger partial charge in [0.05, 0.1) is 17.5 Å². The summed E-state index contributed by atoms with van der Waals surface area (Å²) in [5.74, 6) is 0.888. The third-order valence-electron chi connectivity index (χ3n) is 2.92. The van der Waals surface area contributed by atoms with Crippen LogP contribution in [-0.2, 0) is 11.3 Å². The average Bonchev–Trinajstić information content (AvgIpc) is 2.27. The first-order valence-corrected chi connectivity index (χ1v) is 6.48. The van der Waals surface area contributed by atoms with Crippen LogP contribution in [0.1, 0.15) is 12.5 Å². The first kappa shape index (κ1) is 13.2.